The number of rotatable bonds is 3. The first-order chi connectivity index (χ1) is 13.9. The Morgan fingerprint density at radius 1 is 1.17 bits per heavy atom. The topological polar surface area (TPSA) is 113 Å². The summed E-state index contributed by atoms with van der Waals surface area (Å²) in [4.78, 5) is 23.9. The number of aryl methyl sites for hydroxylation is 2. The van der Waals surface area contributed by atoms with E-state index >= 15 is 0 Å². The number of nitrogens with zero attached hydrogens (tertiary/aromatic N) is 4. The molecule has 0 fully saturated rings. The Bertz CT molecular complexity index is 1390. The van der Waals surface area contributed by atoms with Crippen LogP contribution in [-0.4, -0.2) is 9.49 Å². The van der Waals surface area contributed by atoms with E-state index in [4.69, 9.17) is 0 Å². The molecule has 0 aliphatic rings. The lowest BCUT2D eigenvalue weighted by Gasteiger charge is -2.07. The minimum absolute atomic E-state index is 0.135. The lowest BCUT2D eigenvalue weighted by atomic mass is 10.1. The number of thiazole rings is 1. The standard InChI is InChI=1S/C21H14N4O3S/c1-13-7-8-17(14(2)9-13)24-20(26)19(29-21(24)16(11-22)12-23)10-15-5-3-4-6-18(15)25(27)28/h3-10H,1-2H3/b19-10+. The zero-order valence-corrected chi connectivity index (χ0v) is 16.4. The first-order valence-electron chi connectivity index (χ1n) is 8.46. The predicted octanol–water partition coefficient (Wildman–Crippen LogP) is 2.45. The molecule has 7 nitrogen and oxygen atoms in total. The van der Waals surface area contributed by atoms with E-state index in [1.165, 1.54) is 22.8 Å². The van der Waals surface area contributed by atoms with Gasteiger partial charge in [0.25, 0.3) is 11.2 Å². The second-order valence-electron chi connectivity index (χ2n) is 6.26. The summed E-state index contributed by atoms with van der Waals surface area (Å²) in [6, 6.07) is 15.2. The average molecular weight is 402 g/mol. The fourth-order valence-corrected chi connectivity index (χ4v) is 4.00. The monoisotopic (exact) mass is 402 g/mol. The molecule has 0 saturated carbocycles. The zero-order chi connectivity index (χ0) is 21.1. The van der Waals surface area contributed by atoms with Crippen LogP contribution in [0.1, 0.15) is 16.7 Å². The summed E-state index contributed by atoms with van der Waals surface area (Å²) in [5, 5.41) is 30.0. The van der Waals surface area contributed by atoms with Crippen LogP contribution in [-0.2, 0) is 0 Å². The van der Waals surface area contributed by atoms with Crippen molar-refractivity contribution in [1.29, 1.82) is 10.5 Å². The molecule has 29 heavy (non-hydrogen) atoms. The number of hydrogen-bond acceptors (Lipinski definition) is 6. The summed E-state index contributed by atoms with van der Waals surface area (Å²) in [5.74, 6) is 0. The van der Waals surface area contributed by atoms with E-state index in [9.17, 15) is 25.4 Å². The third kappa shape index (κ3) is 3.70. The molecular formula is C21H14N4O3S. The highest BCUT2D eigenvalue weighted by Gasteiger charge is 2.15. The maximum absolute atomic E-state index is 13.2. The van der Waals surface area contributed by atoms with E-state index in [2.05, 4.69) is 0 Å². The van der Waals surface area contributed by atoms with Crippen LogP contribution >= 0.6 is 11.3 Å². The summed E-state index contributed by atoms with van der Waals surface area (Å²) in [7, 11) is 0. The highest BCUT2D eigenvalue weighted by atomic mass is 32.1. The maximum Gasteiger partial charge on any atom is 0.276 e. The molecule has 1 heterocycles. The molecule has 0 saturated heterocycles. The number of benzene rings is 2. The van der Waals surface area contributed by atoms with E-state index in [1.807, 2.05) is 38.1 Å². The molecule has 0 bridgehead atoms. The molecule has 0 amide bonds. The van der Waals surface area contributed by atoms with Crippen molar-refractivity contribution in [3.8, 4) is 17.8 Å². The molecule has 0 unspecified atom stereocenters. The van der Waals surface area contributed by atoms with Crippen LogP contribution in [0.5, 0.6) is 0 Å². The lowest BCUT2D eigenvalue weighted by Crippen LogP contribution is -2.31. The Balaban J connectivity index is 2.45. The van der Waals surface area contributed by atoms with Crippen LogP contribution < -0.4 is 14.8 Å². The van der Waals surface area contributed by atoms with Gasteiger partial charge in [-0.1, -0.05) is 29.8 Å². The van der Waals surface area contributed by atoms with Gasteiger partial charge in [-0.05, 0) is 37.6 Å². The highest BCUT2D eigenvalue weighted by molar-refractivity contribution is 7.07. The second kappa shape index (κ2) is 7.93. The molecule has 8 heteroatoms. The number of nitro groups is 1. The van der Waals surface area contributed by atoms with E-state index in [0.29, 0.717) is 5.69 Å². The highest BCUT2D eigenvalue weighted by Crippen LogP contribution is 2.18. The molecule has 3 aromatic rings. The van der Waals surface area contributed by atoms with Crippen LogP contribution in [0.4, 0.5) is 5.69 Å². The van der Waals surface area contributed by atoms with Crippen molar-refractivity contribution in [3.05, 3.63) is 88.8 Å². The summed E-state index contributed by atoms with van der Waals surface area (Å²) < 4.78 is 1.70. The SMILES string of the molecule is Cc1ccc(-n2c(=C(C#N)C#N)s/c(=C/c3ccccc3[N+](=O)[O-])c2=O)c(C)c1. The smallest absolute Gasteiger partial charge is 0.267 e. The first kappa shape index (κ1) is 19.7. The maximum atomic E-state index is 13.2. The molecule has 2 aromatic carbocycles. The van der Waals surface area contributed by atoms with Crippen LogP contribution in [0.15, 0.2) is 47.3 Å². The molecular weight excluding hydrogens is 388 g/mol. The molecule has 0 aliphatic carbocycles. The number of nitro benzene ring substituents is 1. The molecule has 0 atom stereocenters. The summed E-state index contributed by atoms with van der Waals surface area (Å²) in [6.45, 7) is 3.75. The fourth-order valence-electron chi connectivity index (χ4n) is 2.96. The van der Waals surface area contributed by atoms with Crippen molar-refractivity contribution >= 4 is 28.7 Å². The Hall–Kier alpha value is -4.01. The van der Waals surface area contributed by atoms with Crippen LogP contribution in [0, 0.1) is 46.6 Å². The minimum Gasteiger partial charge on any atom is -0.267 e. The van der Waals surface area contributed by atoms with Gasteiger partial charge in [0.15, 0.2) is 5.57 Å². The van der Waals surface area contributed by atoms with Crippen LogP contribution in [0.25, 0.3) is 17.3 Å². The number of nitriles is 2. The Kier molecular flexibility index (Phi) is 5.40. The van der Waals surface area contributed by atoms with Gasteiger partial charge in [0.2, 0.25) is 0 Å². The van der Waals surface area contributed by atoms with Crippen molar-refractivity contribution in [2.75, 3.05) is 0 Å². The van der Waals surface area contributed by atoms with Gasteiger partial charge in [-0.3, -0.25) is 19.5 Å². The van der Waals surface area contributed by atoms with Crippen LogP contribution in [0.2, 0.25) is 0 Å². The predicted molar refractivity (Wildman–Crippen MR) is 110 cm³/mol. The Labute approximate surface area is 169 Å². The largest absolute Gasteiger partial charge is 0.276 e. The first-order valence-corrected chi connectivity index (χ1v) is 9.28. The molecule has 1 aromatic heterocycles. The third-order valence-electron chi connectivity index (χ3n) is 4.27. The van der Waals surface area contributed by atoms with Gasteiger partial charge < -0.3 is 0 Å². The van der Waals surface area contributed by atoms with Gasteiger partial charge in [0, 0.05) is 6.07 Å². The number of para-hydroxylation sites is 1. The van der Waals surface area contributed by atoms with E-state index in [0.717, 1.165) is 22.5 Å². The Morgan fingerprint density at radius 3 is 2.48 bits per heavy atom. The fraction of sp³-hybridized carbons (Fsp3) is 0.0952. The normalized spacial score (nSPS) is 11.0. The van der Waals surface area contributed by atoms with Gasteiger partial charge in [-0.2, -0.15) is 10.5 Å². The number of aromatic nitrogens is 1. The van der Waals surface area contributed by atoms with Gasteiger partial charge >= 0.3 is 0 Å². The summed E-state index contributed by atoms with van der Waals surface area (Å²) in [5.41, 5.74) is 1.85. The summed E-state index contributed by atoms with van der Waals surface area (Å²) >= 11 is 0.957. The minimum atomic E-state index is -0.523. The summed E-state index contributed by atoms with van der Waals surface area (Å²) in [6.07, 6.45) is 1.42. The molecule has 3 rings (SSSR count). The van der Waals surface area contributed by atoms with Crippen molar-refractivity contribution in [3.63, 3.8) is 0 Å². The van der Waals surface area contributed by atoms with Crippen molar-refractivity contribution in [2.24, 2.45) is 0 Å². The molecule has 0 spiro atoms. The molecule has 0 N–H and O–H groups in total. The van der Waals surface area contributed by atoms with E-state index < -0.39 is 10.5 Å². The lowest BCUT2D eigenvalue weighted by molar-refractivity contribution is -0.385. The van der Waals surface area contributed by atoms with Crippen LogP contribution in [0.3, 0.4) is 0 Å². The number of hydrogen-bond donors (Lipinski definition) is 0. The average Bonchev–Trinajstić information content (AvgIpc) is 2.99. The second-order valence-corrected chi connectivity index (χ2v) is 7.29. The van der Waals surface area contributed by atoms with Gasteiger partial charge in [0.1, 0.15) is 16.8 Å². The van der Waals surface area contributed by atoms with Gasteiger partial charge in [-0.25, -0.2) is 0 Å². The molecule has 0 radical (unpaired) electrons. The Morgan fingerprint density at radius 2 is 1.86 bits per heavy atom. The van der Waals surface area contributed by atoms with Gasteiger partial charge in [-0.15, -0.1) is 11.3 Å². The van der Waals surface area contributed by atoms with E-state index in [-0.39, 0.29) is 26.0 Å². The van der Waals surface area contributed by atoms with Crippen molar-refractivity contribution in [2.45, 2.75) is 13.8 Å². The molecule has 0 aliphatic heterocycles. The van der Waals surface area contributed by atoms with Gasteiger partial charge in [0.05, 0.1) is 20.7 Å². The third-order valence-corrected chi connectivity index (χ3v) is 5.37. The quantitative estimate of drug-likeness (QED) is 0.493. The van der Waals surface area contributed by atoms with Crippen molar-refractivity contribution < 1.29 is 4.92 Å². The zero-order valence-electron chi connectivity index (χ0n) is 15.5. The van der Waals surface area contributed by atoms with E-state index in [1.54, 1.807) is 18.2 Å². The molecule has 142 valence electrons. The van der Waals surface area contributed by atoms with Crippen molar-refractivity contribution in [1.82, 2.24) is 4.57 Å².